The van der Waals surface area contributed by atoms with E-state index < -0.39 is 28.8 Å². The van der Waals surface area contributed by atoms with Gasteiger partial charge in [-0.3, -0.25) is 9.59 Å². The zero-order chi connectivity index (χ0) is 30.1. The number of nitrogens with one attached hydrogen (secondary N) is 3. The number of hydrogen-bond donors (Lipinski definition) is 5. The van der Waals surface area contributed by atoms with Gasteiger partial charge in [0.05, 0.1) is 18.0 Å². The molecule has 0 bridgehead atoms. The number of carbonyl (C=O) groups excluding carboxylic acids is 1. The Hall–Kier alpha value is -3.87. The zero-order valence-electron chi connectivity index (χ0n) is 23.9. The van der Waals surface area contributed by atoms with Gasteiger partial charge in [0, 0.05) is 49.5 Å². The molecule has 1 saturated heterocycles. The molecule has 10 nitrogen and oxygen atoms in total. The molecule has 1 aromatic heterocycles. The lowest BCUT2D eigenvalue weighted by Gasteiger charge is -2.28. The molecule has 0 radical (unpaired) electrons. The Kier molecular flexibility index (Phi) is 11.3. The van der Waals surface area contributed by atoms with Gasteiger partial charge in [-0.25, -0.2) is 8.78 Å². The van der Waals surface area contributed by atoms with Crippen LogP contribution in [0.1, 0.15) is 43.2 Å². The number of aliphatic hydroxyl groups is 1. The summed E-state index contributed by atoms with van der Waals surface area (Å²) in [4.78, 5) is 28.0. The number of aromatic nitrogens is 2. The number of nitrogens with zero attached hydrogens (tertiary/aromatic N) is 3. The fourth-order valence-corrected chi connectivity index (χ4v) is 4.61. The molecule has 1 amide bonds. The van der Waals surface area contributed by atoms with E-state index in [4.69, 9.17) is 10.8 Å². The third-order valence-corrected chi connectivity index (χ3v) is 6.38. The first kappa shape index (κ1) is 31.7. The van der Waals surface area contributed by atoms with Gasteiger partial charge in [-0.2, -0.15) is 9.78 Å². The third kappa shape index (κ3) is 7.87. The summed E-state index contributed by atoms with van der Waals surface area (Å²) in [5.74, 6) is -2.00. The summed E-state index contributed by atoms with van der Waals surface area (Å²) in [7, 11) is 1.87. The second kappa shape index (κ2) is 14.7. The van der Waals surface area contributed by atoms with E-state index in [1.54, 1.807) is 0 Å². The topological polar surface area (TPSA) is 138 Å². The van der Waals surface area contributed by atoms with Crippen LogP contribution in [0, 0.1) is 17.6 Å². The lowest BCUT2D eigenvalue weighted by molar-refractivity contribution is 0.102. The highest BCUT2D eigenvalue weighted by Crippen LogP contribution is 2.38. The Morgan fingerprint density at radius 1 is 1.12 bits per heavy atom. The molecular weight excluding hydrogens is 532 g/mol. The van der Waals surface area contributed by atoms with E-state index >= 15 is 0 Å². The highest BCUT2D eigenvalue weighted by atomic mass is 19.1. The second-order valence-corrected chi connectivity index (χ2v) is 10.2. The van der Waals surface area contributed by atoms with Crippen molar-refractivity contribution < 1.29 is 18.7 Å². The molecule has 1 fully saturated rings. The summed E-state index contributed by atoms with van der Waals surface area (Å²) in [5, 5.41) is 21.4. The lowest BCUT2D eigenvalue weighted by Crippen LogP contribution is -2.28. The number of benzene rings is 2. The molecule has 2 heterocycles. The minimum atomic E-state index is -0.956. The van der Waals surface area contributed by atoms with Gasteiger partial charge in [0.25, 0.3) is 11.5 Å². The number of para-hydroxylation sites is 1. The maximum absolute atomic E-state index is 14.3. The smallest absolute Gasteiger partial charge is 0.276 e. The van der Waals surface area contributed by atoms with Crippen molar-refractivity contribution in [2.45, 2.75) is 39.8 Å². The average Bonchev–Trinajstić information content (AvgIpc) is 3.36. The molecule has 41 heavy (non-hydrogen) atoms. The molecule has 2 aromatic carbocycles. The van der Waals surface area contributed by atoms with Gasteiger partial charge in [-0.15, -0.1) is 0 Å². The van der Waals surface area contributed by atoms with Gasteiger partial charge in [0.1, 0.15) is 11.4 Å². The van der Waals surface area contributed by atoms with Crippen molar-refractivity contribution in [3.63, 3.8) is 0 Å². The van der Waals surface area contributed by atoms with Crippen LogP contribution in [0.15, 0.2) is 47.3 Å². The van der Waals surface area contributed by atoms with Crippen LogP contribution in [0.3, 0.4) is 0 Å². The van der Waals surface area contributed by atoms with Crippen LogP contribution < -0.4 is 32.1 Å². The third-order valence-electron chi connectivity index (χ3n) is 6.38. The molecule has 222 valence electrons. The zero-order valence-corrected chi connectivity index (χ0v) is 23.9. The maximum Gasteiger partial charge on any atom is 0.276 e. The average molecular weight is 572 g/mol. The first-order valence-electron chi connectivity index (χ1n) is 13.6. The molecule has 12 heteroatoms. The van der Waals surface area contributed by atoms with Crippen molar-refractivity contribution in [3.05, 3.63) is 75.7 Å². The SMILES string of the molecule is CNCc1c(NC(C)C)ccc(NC(=O)c2ccc(=O)n(-c3c(F)cccc3F)n2)c1N1CC[C@H](C)C1.NCCO. The van der Waals surface area contributed by atoms with E-state index in [0.717, 1.165) is 54.6 Å². The molecule has 0 unspecified atom stereocenters. The Labute approximate surface area is 238 Å². The number of halogens is 2. The van der Waals surface area contributed by atoms with E-state index in [2.05, 4.69) is 46.7 Å². The molecular formula is C29H39F2N7O3. The molecule has 1 aliphatic heterocycles. The van der Waals surface area contributed by atoms with Gasteiger partial charge in [-0.1, -0.05) is 13.0 Å². The molecule has 1 atom stereocenters. The fourth-order valence-electron chi connectivity index (χ4n) is 4.61. The van der Waals surface area contributed by atoms with E-state index in [9.17, 15) is 18.4 Å². The van der Waals surface area contributed by atoms with Crippen LogP contribution in [0.4, 0.5) is 25.8 Å². The quantitative estimate of drug-likeness (QED) is 0.264. The minimum absolute atomic E-state index is 0.0972. The van der Waals surface area contributed by atoms with E-state index in [1.165, 1.54) is 12.1 Å². The number of amides is 1. The van der Waals surface area contributed by atoms with Crippen molar-refractivity contribution in [2.75, 3.05) is 48.8 Å². The van der Waals surface area contributed by atoms with Gasteiger partial charge >= 0.3 is 0 Å². The molecule has 0 aliphatic carbocycles. The first-order valence-corrected chi connectivity index (χ1v) is 13.6. The number of nitrogens with two attached hydrogens (primary N) is 1. The molecule has 0 spiro atoms. The van der Waals surface area contributed by atoms with Gasteiger partial charge in [0.2, 0.25) is 0 Å². The highest BCUT2D eigenvalue weighted by Gasteiger charge is 2.26. The van der Waals surface area contributed by atoms with Gasteiger partial charge in [-0.05, 0) is 63.6 Å². The van der Waals surface area contributed by atoms with Crippen molar-refractivity contribution in [1.82, 2.24) is 15.1 Å². The van der Waals surface area contributed by atoms with E-state index in [1.807, 2.05) is 19.2 Å². The predicted octanol–water partition coefficient (Wildman–Crippen LogP) is 3.09. The lowest BCUT2D eigenvalue weighted by atomic mass is 10.1. The summed E-state index contributed by atoms with van der Waals surface area (Å²) in [5.41, 5.74) is 6.74. The van der Waals surface area contributed by atoms with Crippen LogP contribution >= 0.6 is 0 Å². The van der Waals surface area contributed by atoms with Crippen molar-refractivity contribution in [2.24, 2.45) is 11.7 Å². The first-order chi connectivity index (χ1) is 19.6. The van der Waals surface area contributed by atoms with Gasteiger partial charge < -0.3 is 31.7 Å². The molecule has 4 rings (SSSR count). The molecule has 3 aromatic rings. The van der Waals surface area contributed by atoms with Crippen LogP contribution in [-0.4, -0.2) is 60.1 Å². The van der Waals surface area contributed by atoms with Crippen molar-refractivity contribution >= 4 is 23.0 Å². The largest absolute Gasteiger partial charge is 0.395 e. The Bertz CT molecular complexity index is 1380. The summed E-state index contributed by atoms with van der Waals surface area (Å²) < 4.78 is 29.3. The monoisotopic (exact) mass is 571 g/mol. The van der Waals surface area contributed by atoms with Crippen LogP contribution in [0.5, 0.6) is 0 Å². The summed E-state index contributed by atoms with van der Waals surface area (Å²) in [6.45, 7) is 9.07. The number of aliphatic hydroxyl groups excluding tert-OH is 1. The molecule has 1 aliphatic rings. The predicted molar refractivity (Wildman–Crippen MR) is 158 cm³/mol. The number of hydrogen-bond acceptors (Lipinski definition) is 8. The Morgan fingerprint density at radius 3 is 2.34 bits per heavy atom. The normalized spacial score (nSPS) is 14.6. The maximum atomic E-state index is 14.3. The van der Waals surface area contributed by atoms with Crippen LogP contribution in [0.25, 0.3) is 5.69 Å². The summed E-state index contributed by atoms with van der Waals surface area (Å²) >= 11 is 0. The van der Waals surface area contributed by atoms with Crippen molar-refractivity contribution in [1.29, 1.82) is 0 Å². The Morgan fingerprint density at radius 2 is 1.78 bits per heavy atom. The number of rotatable bonds is 9. The second-order valence-electron chi connectivity index (χ2n) is 10.2. The van der Waals surface area contributed by atoms with Crippen molar-refractivity contribution in [3.8, 4) is 5.69 Å². The number of carbonyl (C=O) groups is 1. The molecule has 6 N–H and O–H groups in total. The van der Waals surface area contributed by atoms with E-state index in [-0.39, 0.29) is 18.3 Å². The van der Waals surface area contributed by atoms with Crippen LogP contribution in [0.2, 0.25) is 0 Å². The molecule has 0 saturated carbocycles. The van der Waals surface area contributed by atoms with E-state index in [0.29, 0.717) is 29.4 Å². The van der Waals surface area contributed by atoms with Crippen LogP contribution in [-0.2, 0) is 6.54 Å². The number of anilines is 3. The fraction of sp³-hybridized carbons (Fsp3) is 0.414. The Balaban J connectivity index is 0.00000108. The highest BCUT2D eigenvalue weighted by molar-refractivity contribution is 6.05. The standard InChI is InChI=1S/C27H32F2N6O2.C2H7NO/c1-16(2)31-21-8-9-22(25(18(21)14-30-4)34-13-12-17(3)15-34)32-27(37)23-10-11-24(36)35(33-23)26-19(28)6-5-7-20(26)29;3-1-2-4/h5-11,16-17,30-31H,12-15H2,1-4H3,(H,32,37);4H,1-3H2/t17-;/m0./s1. The summed E-state index contributed by atoms with van der Waals surface area (Å²) in [6.07, 6.45) is 1.04. The van der Waals surface area contributed by atoms with Gasteiger partial charge in [0.15, 0.2) is 11.6 Å². The minimum Gasteiger partial charge on any atom is -0.395 e. The summed E-state index contributed by atoms with van der Waals surface area (Å²) in [6, 6.07) is 9.53.